The van der Waals surface area contributed by atoms with Crippen LogP contribution in [-0.4, -0.2) is 60.5 Å². The Kier molecular flexibility index (Phi) is 6.60. The van der Waals surface area contributed by atoms with E-state index in [1.807, 2.05) is 0 Å². The van der Waals surface area contributed by atoms with Crippen LogP contribution in [0.25, 0.3) is 0 Å². The highest BCUT2D eigenvalue weighted by Gasteiger charge is 2.15. The number of rotatable bonds is 6. The van der Waals surface area contributed by atoms with Gasteiger partial charge in [-0.1, -0.05) is 0 Å². The zero-order chi connectivity index (χ0) is 16.0. The van der Waals surface area contributed by atoms with E-state index in [1.54, 1.807) is 12.1 Å². The van der Waals surface area contributed by atoms with Crippen molar-refractivity contribution in [3.8, 4) is 0 Å². The highest BCUT2D eigenvalue weighted by atomic mass is 79.9. The predicted octanol–water partition coefficient (Wildman–Crippen LogP) is 1.62. The maximum absolute atomic E-state index is 11.9. The van der Waals surface area contributed by atoms with Crippen molar-refractivity contribution in [3.05, 3.63) is 28.2 Å². The number of carbonyl (C=O) groups is 2. The summed E-state index contributed by atoms with van der Waals surface area (Å²) in [5.74, 6) is -1.10. The second kappa shape index (κ2) is 7.96. The Morgan fingerprint density at radius 2 is 2.14 bits per heavy atom. The van der Waals surface area contributed by atoms with Gasteiger partial charge in [-0.3, -0.25) is 0 Å². The van der Waals surface area contributed by atoms with Crippen molar-refractivity contribution in [1.29, 1.82) is 0 Å². The molecule has 0 heterocycles. The highest BCUT2D eigenvalue weighted by Crippen LogP contribution is 2.21. The van der Waals surface area contributed by atoms with Crippen LogP contribution >= 0.6 is 15.9 Å². The number of anilines is 1. The zero-order valence-corrected chi connectivity index (χ0v) is 13.3. The molecule has 0 fully saturated rings. The van der Waals surface area contributed by atoms with Crippen LogP contribution in [0.3, 0.4) is 0 Å². The number of likely N-dealkylation sites (N-methyl/N-ethyl adjacent to an activating group) is 1. The number of aliphatic hydroxyl groups excluding tert-OH is 1. The van der Waals surface area contributed by atoms with Gasteiger partial charge in [0.25, 0.3) is 0 Å². The second-order valence-corrected chi connectivity index (χ2v) is 5.27. The minimum atomic E-state index is -1.10. The SMILES string of the molecule is COCC(O)CN(C)C(=O)Nc1ccc(Br)c(C(=O)O)c1. The van der Waals surface area contributed by atoms with Crippen molar-refractivity contribution in [2.24, 2.45) is 0 Å². The topological polar surface area (TPSA) is 99.1 Å². The highest BCUT2D eigenvalue weighted by molar-refractivity contribution is 9.10. The van der Waals surface area contributed by atoms with Crippen LogP contribution in [0.1, 0.15) is 10.4 Å². The first kappa shape index (κ1) is 17.4. The number of aromatic carboxylic acids is 1. The summed E-state index contributed by atoms with van der Waals surface area (Å²) in [7, 11) is 2.98. The third-order valence-electron chi connectivity index (χ3n) is 2.64. The van der Waals surface area contributed by atoms with Crippen molar-refractivity contribution < 1.29 is 24.5 Å². The molecule has 116 valence electrons. The summed E-state index contributed by atoms with van der Waals surface area (Å²) in [6.45, 7) is 0.223. The molecule has 7 nitrogen and oxygen atoms in total. The van der Waals surface area contributed by atoms with Crippen LogP contribution in [0.4, 0.5) is 10.5 Å². The normalized spacial score (nSPS) is 11.8. The lowest BCUT2D eigenvalue weighted by Gasteiger charge is -2.21. The lowest BCUT2D eigenvalue weighted by atomic mass is 10.2. The van der Waals surface area contributed by atoms with E-state index in [-0.39, 0.29) is 18.7 Å². The molecular formula is C13H17BrN2O5. The summed E-state index contributed by atoms with van der Waals surface area (Å²) in [6.07, 6.45) is -0.787. The number of ether oxygens (including phenoxy) is 1. The Balaban J connectivity index is 2.70. The molecule has 1 atom stereocenters. The first-order valence-electron chi connectivity index (χ1n) is 6.07. The van der Waals surface area contributed by atoms with Crippen LogP contribution in [0, 0.1) is 0 Å². The Labute approximate surface area is 130 Å². The van der Waals surface area contributed by atoms with Crippen LogP contribution in [0.5, 0.6) is 0 Å². The number of methoxy groups -OCH3 is 1. The Bertz CT molecular complexity index is 523. The van der Waals surface area contributed by atoms with Gasteiger partial charge in [0.05, 0.1) is 24.8 Å². The molecule has 0 aliphatic heterocycles. The van der Waals surface area contributed by atoms with Gasteiger partial charge in [-0.25, -0.2) is 9.59 Å². The van der Waals surface area contributed by atoms with E-state index in [1.165, 1.54) is 25.1 Å². The molecule has 0 aliphatic carbocycles. The number of hydrogen-bond acceptors (Lipinski definition) is 4. The molecule has 0 aliphatic rings. The standard InChI is InChI=1S/C13H17BrN2O5/c1-16(6-9(17)7-21-2)13(20)15-8-3-4-11(14)10(5-8)12(18)19/h3-5,9,17H,6-7H2,1-2H3,(H,15,20)(H,18,19). The molecule has 1 unspecified atom stereocenters. The lowest BCUT2D eigenvalue weighted by Crippen LogP contribution is -2.38. The fraction of sp³-hybridized carbons (Fsp3) is 0.385. The van der Waals surface area contributed by atoms with Crippen molar-refractivity contribution in [1.82, 2.24) is 4.90 Å². The van der Waals surface area contributed by atoms with E-state index in [4.69, 9.17) is 9.84 Å². The van der Waals surface area contributed by atoms with Crippen LogP contribution in [0.15, 0.2) is 22.7 Å². The number of benzene rings is 1. The van der Waals surface area contributed by atoms with Crippen LogP contribution in [0.2, 0.25) is 0 Å². The van der Waals surface area contributed by atoms with Gasteiger partial charge in [0, 0.05) is 24.3 Å². The second-order valence-electron chi connectivity index (χ2n) is 4.42. The summed E-state index contributed by atoms with van der Waals surface area (Å²) in [4.78, 5) is 24.2. The van der Waals surface area contributed by atoms with E-state index in [0.717, 1.165) is 0 Å². The molecule has 1 rings (SSSR count). The van der Waals surface area contributed by atoms with Gasteiger partial charge < -0.3 is 25.2 Å². The van der Waals surface area contributed by atoms with Crippen molar-refractivity contribution in [2.45, 2.75) is 6.10 Å². The number of nitrogens with zero attached hydrogens (tertiary/aromatic N) is 1. The number of halogens is 1. The summed E-state index contributed by atoms with van der Waals surface area (Å²) in [6, 6.07) is 4.01. The monoisotopic (exact) mass is 360 g/mol. The van der Waals surface area contributed by atoms with Crippen molar-refractivity contribution in [3.63, 3.8) is 0 Å². The maximum atomic E-state index is 11.9. The minimum absolute atomic E-state index is 0.0508. The van der Waals surface area contributed by atoms with E-state index in [0.29, 0.717) is 10.2 Å². The number of carbonyl (C=O) groups excluding carboxylic acids is 1. The number of amides is 2. The van der Waals surface area contributed by atoms with Gasteiger partial charge >= 0.3 is 12.0 Å². The van der Waals surface area contributed by atoms with Crippen molar-refractivity contribution in [2.75, 3.05) is 32.6 Å². The van der Waals surface area contributed by atoms with E-state index >= 15 is 0 Å². The first-order valence-corrected chi connectivity index (χ1v) is 6.86. The van der Waals surface area contributed by atoms with Gasteiger partial charge in [0.15, 0.2) is 0 Å². The average Bonchev–Trinajstić information content (AvgIpc) is 2.40. The van der Waals surface area contributed by atoms with Gasteiger partial charge in [-0.2, -0.15) is 0 Å². The number of aliphatic hydroxyl groups is 1. The number of nitrogens with one attached hydrogen (secondary N) is 1. The maximum Gasteiger partial charge on any atom is 0.336 e. The Hall–Kier alpha value is -1.64. The minimum Gasteiger partial charge on any atom is -0.478 e. The third kappa shape index (κ3) is 5.33. The summed E-state index contributed by atoms with van der Waals surface area (Å²) >= 11 is 3.13. The zero-order valence-electron chi connectivity index (χ0n) is 11.7. The van der Waals surface area contributed by atoms with Crippen LogP contribution in [-0.2, 0) is 4.74 Å². The molecule has 0 bridgehead atoms. The Morgan fingerprint density at radius 3 is 2.71 bits per heavy atom. The molecular weight excluding hydrogens is 344 g/mol. The summed E-state index contributed by atoms with van der Waals surface area (Å²) < 4.78 is 5.21. The molecule has 2 amide bonds. The smallest absolute Gasteiger partial charge is 0.336 e. The number of urea groups is 1. The van der Waals surface area contributed by atoms with Gasteiger partial charge in [0.1, 0.15) is 0 Å². The molecule has 0 spiro atoms. The first-order chi connectivity index (χ1) is 9.85. The van der Waals surface area contributed by atoms with Gasteiger partial charge in [0.2, 0.25) is 0 Å². The van der Waals surface area contributed by atoms with E-state index in [9.17, 15) is 14.7 Å². The third-order valence-corrected chi connectivity index (χ3v) is 3.33. The molecule has 0 saturated heterocycles. The predicted molar refractivity (Wildman–Crippen MR) is 80.6 cm³/mol. The number of carboxylic acids is 1. The van der Waals surface area contributed by atoms with Crippen molar-refractivity contribution >= 4 is 33.6 Å². The molecule has 0 radical (unpaired) electrons. The molecule has 8 heteroatoms. The Morgan fingerprint density at radius 1 is 1.48 bits per heavy atom. The molecule has 1 aromatic rings. The van der Waals surface area contributed by atoms with E-state index < -0.39 is 18.1 Å². The quantitative estimate of drug-likeness (QED) is 0.715. The summed E-state index contributed by atoms with van der Waals surface area (Å²) in [5, 5.41) is 21.1. The molecule has 3 N–H and O–H groups in total. The molecule has 0 saturated carbocycles. The van der Waals surface area contributed by atoms with Gasteiger partial charge in [-0.05, 0) is 34.1 Å². The number of hydrogen-bond donors (Lipinski definition) is 3. The van der Waals surface area contributed by atoms with Crippen LogP contribution < -0.4 is 5.32 Å². The fourth-order valence-corrected chi connectivity index (χ4v) is 2.05. The molecule has 0 aromatic heterocycles. The number of carboxylic acid groups (broad SMARTS) is 1. The van der Waals surface area contributed by atoms with E-state index in [2.05, 4.69) is 21.2 Å². The summed E-state index contributed by atoms with van der Waals surface area (Å²) in [5.41, 5.74) is 0.406. The average molecular weight is 361 g/mol. The molecule has 21 heavy (non-hydrogen) atoms. The molecule has 1 aromatic carbocycles. The van der Waals surface area contributed by atoms with Gasteiger partial charge in [-0.15, -0.1) is 0 Å². The fourth-order valence-electron chi connectivity index (χ4n) is 1.63. The lowest BCUT2D eigenvalue weighted by molar-refractivity contribution is 0.0501. The largest absolute Gasteiger partial charge is 0.478 e.